The van der Waals surface area contributed by atoms with Gasteiger partial charge in [-0.1, -0.05) is 38.1 Å². The Morgan fingerprint density at radius 2 is 1.81 bits per heavy atom. The van der Waals surface area contributed by atoms with E-state index in [9.17, 15) is 0 Å². The molecule has 32 heavy (non-hydrogen) atoms. The van der Waals surface area contributed by atoms with Gasteiger partial charge < -0.3 is 15.2 Å². The maximum absolute atomic E-state index is 5.02. The van der Waals surface area contributed by atoms with Crippen molar-refractivity contribution in [3.05, 3.63) is 53.9 Å². The molecule has 3 aromatic heterocycles. The molecule has 0 amide bonds. The summed E-state index contributed by atoms with van der Waals surface area (Å²) in [7, 11) is 0. The van der Waals surface area contributed by atoms with Crippen molar-refractivity contribution in [3.63, 3.8) is 0 Å². The van der Waals surface area contributed by atoms with Crippen LogP contribution in [0.1, 0.15) is 62.7 Å². The maximum atomic E-state index is 5.02. The summed E-state index contributed by atoms with van der Waals surface area (Å²) in [6, 6.07) is 13.3. The van der Waals surface area contributed by atoms with E-state index in [-0.39, 0.29) is 0 Å². The lowest BCUT2D eigenvalue weighted by molar-refractivity contribution is 0.298. The number of benzene rings is 1. The van der Waals surface area contributed by atoms with Gasteiger partial charge in [0.1, 0.15) is 11.5 Å². The first kappa shape index (κ1) is 19.7. The number of rotatable bonds is 3. The van der Waals surface area contributed by atoms with Gasteiger partial charge in [-0.15, -0.1) is 0 Å². The van der Waals surface area contributed by atoms with Gasteiger partial charge >= 0.3 is 0 Å². The molecule has 2 aliphatic rings. The van der Waals surface area contributed by atoms with Gasteiger partial charge in [0, 0.05) is 42.0 Å². The Labute approximate surface area is 188 Å². The van der Waals surface area contributed by atoms with Crippen molar-refractivity contribution in [2.75, 3.05) is 11.9 Å². The smallest absolute Gasteiger partial charge is 0.230 e. The number of hydrogen-bond acceptors (Lipinski definition) is 5. The summed E-state index contributed by atoms with van der Waals surface area (Å²) in [5.41, 5.74) is 4.73. The summed E-state index contributed by atoms with van der Waals surface area (Å²) in [5.74, 6) is 2.64. The fraction of sp³-hybridized carbons (Fsp3) is 0.423. The summed E-state index contributed by atoms with van der Waals surface area (Å²) in [6.45, 7) is 6.43. The molecular weight excluding hydrogens is 396 g/mol. The molecule has 1 fully saturated rings. The normalized spacial score (nSPS) is 23.4. The van der Waals surface area contributed by atoms with Crippen molar-refractivity contribution in [2.45, 2.75) is 58.0 Å². The summed E-state index contributed by atoms with van der Waals surface area (Å²) >= 11 is 0. The fourth-order valence-electron chi connectivity index (χ4n) is 5.49. The molecule has 1 saturated carbocycles. The van der Waals surface area contributed by atoms with Crippen LogP contribution in [0, 0.1) is 5.92 Å². The zero-order valence-corrected chi connectivity index (χ0v) is 18.8. The van der Waals surface area contributed by atoms with E-state index >= 15 is 0 Å². The predicted molar refractivity (Wildman–Crippen MR) is 129 cm³/mol. The molecule has 1 atom stereocenters. The molecule has 1 aromatic carbocycles. The third-order valence-corrected chi connectivity index (χ3v) is 7.29. The number of pyridine rings is 1. The Bertz CT molecular complexity index is 1280. The Morgan fingerprint density at radius 3 is 2.69 bits per heavy atom. The minimum absolute atomic E-state index is 0.403. The number of nitrogens with zero attached hydrogens (tertiary/aromatic N) is 4. The van der Waals surface area contributed by atoms with Crippen LogP contribution in [0.25, 0.3) is 21.9 Å². The Morgan fingerprint density at radius 1 is 0.969 bits per heavy atom. The average Bonchev–Trinajstić information content (AvgIpc) is 3.14. The minimum atomic E-state index is 0.403. The number of nitrogens with one attached hydrogen (secondary N) is 2. The highest BCUT2D eigenvalue weighted by atomic mass is 15.2. The van der Waals surface area contributed by atoms with Crippen molar-refractivity contribution >= 4 is 33.7 Å². The van der Waals surface area contributed by atoms with Crippen LogP contribution in [-0.4, -0.2) is 26.1 Å². The van der Waals surface area contributed by atoms with E-state index in [1.54, 1.807) is 0 Å². The molecule has 0 radical (unpaired) electrons. The molecule has 4 heterocycles. The number of hydrogen-bond donors (Lipinski definition) is 2. The van der Waals surface area contributed by atoms with Gasteiger partial charge in [-0.05, 0) is 49.3 Å². The van der Waals surface area contributed by atoms with Crippen molar-refractivity contribution in [1.29, 1.82) is 0 Å². The highest BCUT2D eigenvalue weighted by Crippen LogP contribution is 2.38. The molecule has 0 saturated heterocycles. The molecule has 0 unspecified atom stereocenters. The molecule has 6 rings (SSSR count). The SMILES string of the molecule is C[C@@H]1CNCc2ccc(Nc3ncc4c5ccccc5n([C@H]5CC[C@H](C)CC5)c4n3)nc21. The average molecular weight is 427 g/mol. The van der Waals surface area contributed by atoms with E-state index < -0.39 is 0 Å². The first-order valence-electron chi connectivity index (χ1n) is 11.9. The summed E-state index contributed by atoms with van der Waals surface area (Å²) < 4.78 is 2.47. The second kappa shape index (κ2) is 7.85. The molecule has 0 bridgehead atoms. The van der Waals surface area contributed by atoms with Gasteiger partial charge in [0.15, 0.2) is 0 Å². The van der Waals surface area contributed by atoms with E-state index in [2.05, 4.69) is 64.4 Å². The lowest BCUT2D eigenvalue weighted by Gasteiger charge is -2.28. The quantitative estimate of drug-likeness (QED) is 0.441. The van der Waals surface area contributed by atoms with Crippen LogP contribution >= 0.6 is 0 Å². The minimum Gasteiger partial charge on any atom is -0.322 e. The van der Waals surface area contributed by atoms with Crippen molar-refractivity contribution in [1.82, 2.24) is 24.8 Å². The van der Waals surface area contributed by atoms with Crippen LogP contribution < -0.4 is 10.6 Å². The number of anilines is 2. The standard InChI is InChI=1S/C26H30N6/c1-16-7-10-19(11-8-16)32-22-6-4-3-5-20(22)21-15-28-26(31-25(21)32)30-23-12-9-18-14-27-13-17(2)24(18)29-23/h3-6,9,12,15-17,19,27H,7-8,10-11,13-14H2,1-2H3,(H,28,29,30,31)/t16-,17-,19-/m1/s1. The van der Waals surface area contributed by atoms with Crippen LogP contribution in [-0.2, 0) is 6.54 Å². The lowest BCUT2D eigenvalue weighted by Crippen LogP contribution is -2.27. The van der Waals surface area contributed by atoms with Crippen LogP contribution in [0.15, 0.2) is 42.6 Å². The monoisotopic (exact) mass is 426 g/mol. The first-order chi connectivity index (χ1) is 15.7. The molecule has 164 valence electrons. The zero-order valence-electron chi connectivity index (χ0n) is 18.8. The second-order valence-electron chi connectivity index (χ2n) is 9.63. The third-order valence-electron chi connectivity index (χ3n) is 7.29. The lowest BCUT2D eigenvalue weighted by atomic mass is 9.87. The van der Waals surface area contributed by atoms with E-state index in [4.69, 9.17) is 9.97 Å². The number of fused-ring (bicyclic) bond motifs is 4. The molecule has 4 aromatic rings. The molecule has 0 spiro atoms. The second-order valence-corrected chi connectivity index (χ2v) is 9.63. The van der Waals surface area contributed by atoms with E-state index in [0.29, 0.717) is 17.9 Å². The Balaban J connectivity index is 1.41. The van der Waals surface area contributed by atoms with Crippen LogP contribution in [0.5, 0.6) is 0 Å². The van der Waals surface area contributed by atoms with E-state index in [1.807, 2.05) is 12.3 Å². The van der Waals surface area contributed by atoms with Crippen LogP contribution in [0.4, 0.5) is 11.8 Å². The van der Waals surface area contributed by atoms with Gasteiger partial charge in [0.05, 0.1) is 11.2 Å². The fourth-order valence-corrected chi connectivity index (χ4v) is 5.49. The van der Waals surface area contributed by atoms with Gasteiger partial charge in [-0.3, -0.25) is 0 Å². The first-order valence-corrected chi connectivity index (χ1v) is 11.9. The van der Waals surface area contributed by atoms with Gasteiger partial charge in [0.2, 0.25) is 5.95 Å². The summed E-state index contributed by atoms with van der Waals surface area (Å²) in [4.78, 5) is 14.6. The molecule has 6 nitrogen and oxygen atoms in total. The van der Waals surface area contributed by atoms with Crippen LogP contribution in [0.3, 0.4) is 0 Å². The van der Waals surface area contributed by atoms with Gasteiger partial charge in [0.25, 0.3) is 0 Å². The Kier molecular flexibility index (Phi) is 4.83. The summed E-state index contributed by atoms with van der Waals surface area (Å²) in [6.07, 6.45) is 6.95. The molecule has 6 heteroatoms. The highest BCUT2D eigenvalue weighted by molar-refractivity contribution is 6.06. The third kappa shape index (κ3) is 3.34. The topological polar surface area (TPSA) is 67.7 Å². The molecule has 2 N–H and O–H groups in total. The molecule has 1 aliphatic carbocycles. The predicted octanol–water partition coefficient (Wildman–Crippen LogP) is 5.68. The number of para-hydroxylation sites is 1. The largest absolute Gasteiger partial charge is 0.322 e. The van der Waals surface area contributed by atoms with Crippen molar-refractivity contribution in [3.8, 4) is 0 Å². The van der Waals surface area contributed by atoms with Gasteiger partial charge in [-0.2, -0.15) is 4.98 Å². The van der Waals surface area contributed by atoms with E-state index in [0.717, 1.165) is 35.9 Å². The number of aromatic nitrogens is 4. The zero-order chi connectivity index (χ0) is 21.7. The van der Waals surface area contributed by atoms with E-state index in [1.165, 1.54) is 47.8 Å². The highest BCUT2D eigenvalue weighted by Gasteiger charge is 2.24. The van der Waals surface area contributed by atoms with Crippen molar-refractivity contribution in [2.24, 2.45) is 5.92 Å². The molecule has 1 aliphatic heterocycles. The van der Waals surface area contributed by atoms with Crippen LogP contribution in [0.2, 0.25) is 0 Å². The van der Waals surface area contributed by atoms with Gasteiger partial charge in [-0.25, -0.2) is 9.97 Å². The maximum Gasteiger partial charge on any atom is 0.230 e. The Hall–Kier alpha value is -2.99. The summed E-state index contributed by atoms with van der Waals surface area (Å²) in [5, 5.41) is 9.19. The van der Waals surface area contributed by atoms with Crippen molar-refractivity contribution < 1.29 is 0 Å². The molecular formula is C26H30N6.